The molecule has 1 atom stereocenters. The second-order valence-electron chi connectivity index (χ2n) is 4.49. The van der Waals surface area contributed by atoms with Crippen LogP contribution in [0, 0.1) is 0 Å². The third-order valence-corrected chi connectivity index (χ3v) is 3.80. The van der Waals surface area contributed by atoms with Gasteiger partial charge in [-0.2, -0.15) is 0 Å². The molecule has 1 heterocycles. The van der Waals surface area contributed by atoms with Crippen molar-refractivity contribution in [2.45, 2.75) is 42.5 Å². The molecule has 1 saturated carbocycles. The second-order valence-corrected chi connectivity index (χ2v) is 5.78. The minimum absolute atomic E-state index is 0.178. The van der Waals surface area contributed by atoms with Gasteiger partial charge in [0.15, 0.2) is 0 Å². The van der Waals surface area contributed by atoms with Gasteiger partial charge >= 0.3 is 0 Å². The third kappa shape index (κ3) is 2.67. The van der Waals surface area contributed by atoms with Crippen molar-refractivity contribution in [1.29, 1.82) is 0 Å². The molecule has 84 valence electrons. The highest BCUT2D eigenvalue weighted by Gasteiger charge is 2.33. The molecule has 0 saturated heterocycles. The van der Waals surface area contributed by atoms with Crippen LogP contribution in [0.25, 0.3) is 0 Å². The molecular formula is C11H17BrN2O. The van der Waals surface area contributed by atoms with Crippen molar-refractivity contribution >= 4 is 27.9 Å². The summed E-state index contributed by atoms with van der Waals surface area (Å²) in [6.45, 7) is 1.02. The van der Waals surface area contributed by atoms with E-state index in [1.165, 1.54) is 12.8 Å². The van der Waals surface area contributed by atoms with Crippen molar-refractivity contribution in [3.05, 3.63) is 0 Å². The van der Waals surface area contributed by atoms with Gasteiger partial charge in [-0.25, -0.2) is 0 Å². The molecule has 2 rings (SSSR count). The van der Waals surface area contributed by atoms with Gasteiger partial charge in [-0.15, -0.1) is 0 Å². The fraction of sp³-hybridized carbons (Fsp3) is 0.818. The standard InChI is InChI=1S/C11H17BrN2O/c12-9-5-10(7-13-6-9)14-11(8-15)3-1-2-4-11/h7,9,15H,1-6,8H2. The molecule has 4 heteroatoms. The Labute approximate surface area is 98.8 Å². The molecule has 1 fully saturated rings. The molecule has 2 aliphatic rings. The van der Waals surface area contributed by atoms with Gasteiger partial charge in [0, 0.05) is 17.5 Å². The van der Waals surface area contributed by atoms with Crippen molar-refractivity contribution in [2.24, 2.45) is 9.98 Å². The van der Waals surface area contributed by atoms with Crippen molar-refractivity contribution in [3.63, 3.8) is 0 Å². The molecule has 3 nitrogen and oxygen atoms in total. The molecule has 0 aromatic rings. The summed E-state index contributed by atoms with van der Waals surface area (Å²) >= 11 is 3.56. The van der Waals surface area contributed by atoms with Gasteiger partial charge in [-0.05, 0) is 12.8 Å². The van der Waals surface area contributed by atoms with Crippen LogP contribution in [0.3, 0.4) is 0 Å². The summed E-state index contributed by atoms with van der Waals surface area (Å²) in [5.41, 5.74) is 0.852. The zero-order chi connectivity index (χ0) is 10.7. The predicted octanol–water partition coefficient (Wildman–Crippen LogP) is 1.97. The van der Waals surface area contributed by atoms with Crippen molar-refractivity contribution < 1.29 is 5.11 Å². The van der Waals surface area contributed by atoms with Gasteiger partial charge < -0.3 is 5.11 Å². The highest BCUT2D eigenvalue weighted by molar-refractivity contribution is 9.09. The van der Waals surface area contributed by atoms with Gasteiger partial charge in [0.1, 0.15) is 0 Å². The largest absolute Gasteiger partial charge is 0.394 e. The number of aliphatic hydroxyl groups is 1. The third-order valence-electron chi connectivity index (χ3n) is 3.18. The van der Waals surface area contributed by atoms with E-state index in [-0.39, 0.29) is 12.1 Å². The Kier molecular flexibility index (Phi) is 3.57. The number of halogens is 1. The highest BCUT2D eigenvalue weighted by atomic mass is 79.9. The first-order chi connectivity index (χ1) is 7.24. The lowest BCUT2D eigenvalue weighted by Crippen LogP contribution is -2.31. The van der Waals surface area contributed by atoms with Gasteiger partial charge in [-0.1, -0.05) is 28.8 Å². The van der Waals surface area contributed by atoms with E-state index in [0.29, 0.717) is 4.83 Å². The zero-order valence-electron chi connectivity index (χ0n) is 8.82. The lowest BCUT2D eigenvalue weighted by Gasteiger charge is -2.24. The summed E-state index contributed by atoms with van der Waals surface area (Å²) in [5.74, 6) is 0. The van der Waals surface area contributed by atoms with Crippen LogP contribution in [0.5, 0.6) is 0 Å². The first-order valence-electron chi connectivity index (χ1n) is 5.58. The van der Waals surface area contributed by atoms with Crippen LogP contribution in [0.1, 0.15) is 32.1 Å². The van der Waals surface area contributed by atoms with Crippen LogP contribution in [0.4, 0.5) is 0 Å². The Morgan fingerprint density at radius 3 is 2.87 bits per heavy atom. The number of hydrogen-bond donors (Lipinski definition) is 1. The van der Waals surface area contributed by atoms with E-state index in [4.69, 9.17) is 4.99 Å². The lowest BCUT2D eigenvalue weighted by molar-refractivity contribution is 0.201. The Hall–Kier alpha value is -0.220. The average Bonchev–Trinajstić information content (AvgIpc) is 2.67. The fourth-order valence-corrected chi connectivity index (χ4v) is 2.83. The Bertz CT molecular complexity index is 282. The van der Waals surface area contributed by atoms with Crippen LogP contribution in [0.15, 0.2) is 9.98 Å². The van der Waals surface area contributed by atoms with Crippen LogP contribution in [0.2, 0.25) is 0 Å². The molecule has 0 radical (unpaired) electrons. The zero-order valence-corrected chi connectivity index (χ0v) is 10.4. The molecular weight excluding hydrogens is 256 g/mol. The first kappa shape index (κ1) is 11.3. The van der Waals surface area contributed by atoms with Gasteiger partial charge in [0.05, 0.1) is 24.4 Å². The maximum atomic E-state index is 9.45. The van der Waals surface area contributed by atoms with Crippen LogP contribution in [-0.2, 0) is 0 Å². The summed E-state index contributed by atoms with van der Waals surface area (Å²) in [5, 5.41) is 9.45. The molecule has 1 unspecified atom stereocenters. The van der Waals surface area contributed by atoms with E-state index in [1.807, 2.05) is 6.21 Å². The van der Waals surface area contributed by atoms with E-state index >= 15 is 0 Å². The summed E-state index contributed by atoms with van der Waals surface area (Å²) in [6.07, 6.45) is 7.22. The Balaban J connectivity index is 2.13. The topological polar surface area (TPSA) is 45.0 Å². The normalized spacial score (nSPS) is 32.4. The van der Waals surface area contributed by atoms with Crippen molar-refractivity contribution in [1.82, 2.24) is 0 Å². The Morgan fingerprint density at radius 2 is 2.27 bits per heavy atom. The molecule has 1 aliphatic heterocycles. The predicted molar refractivity (Wildman–Crippen MR) is 66.4 cm³/mol. The maximum absolute atomic E-state index is 9.45. The molecule has 0 aromatic heterocycles. The number of aliphatic imine (C=N–C) groups is 2. The summed E-state index contributed by atoms with van der Waals surface area (Å²) in [4.78, 5) is 9.40. The molecule has 0 amide bonds. The van der Waals surface area contributed by atoms with Crippen LogP contribution in [-0.4, -0.2) is 40.6 Å². The van der Waals surface area contributed by atoms with Crippen molar-refractivity contribution in [2.75, 3.05) is 13.2 Å². The average molecular weight is 273 g/mol. The summed E-state index contributed by atoms with van der Waals surface area (Å²) in [7, 11) is 0. The number of aliphatic hydroxyl groups excluding tert-OH is 1. The molecule has 0 spiro atoms. The van der Waals surface area contributed by atoms with Gasteiger partial charge in [0.2, 0.25) is 0 Å². The van der Waals surface area contributed by atoms with Crippen molar-refractivity contribution in [3.8, 4) is 0 Å². The number of rotatable bonds is 2. The van der Waals surface area contributed by atoms with E-state index in [9.17, 15) is 5.11 Å². The molecule has 1 N–H and O–H groups in total. The summed E-state index contributed by atoms with van der Waals surface area (Å²) in [6, 6.07) is 0. The molecule has 1 aliphatic carbocycles. The number of hydrogen-bond acceptors (Lipinski definition) is 3. The Morgan fingerprint density at radius 1 is 1.53 bits per heavy atom. The minimum Gasteiger partial charge on any atom is -0.394 e. The van der Waals surface area contributed by atoms with Gasteiger partial charge in [0.25, 0.3) is 0 Å². The molecule has 15 heavy (non-hydrogen) atoms. The number of alkyl halides is 1. The van der Waals surface area contributed by atoms with Gasteiger partial charge in [-0.3, -0.25) is 9.98 Å². The molecule has 0 bridgehead atoms. The van der Waals surface area contributed by atoms with E-state index in [1.54, 1.807) is 0 Å². The quantitative estimate of drug-likeness (QED) is 0.768. The van der Waals surface area contributed by atoms with E-state index in [2.05, 4.69) is 20.9 Å². The molecule has 0 aromatic carbocycles. The minimum atomic E-state index is -0.189. The van der Waals surface area contributed by atoms with Crippen LogP contribution >= 0.6 is 15.9 Å². The second kappa shape index (κ2) is 4.74. The summed E-state index contributed by atoms with van der Waals surface area (Å²) < 4.78 is 0. The SMILES string of the molecule is OCC1(N=C2C=NCC(Br)C2)CCCC1. The number of nitrogens with zero attached hydrogens (tertiary/aromatic N) is 2. The van der Waals surface area contributed by atoms with Crippen LogP contribution < -0.4 is 0 Å². The van der Waals surface area contributed by atoms with E-state index in [0.717, 1.165) is 31.5 Å². The van der Waals surface area contributed by atoms with E-state index < -0.39 is 0 Å². The monoisotopic (exact) mass is 272 g/mol. The fourth-order valence-electron chi connectivity index (χ4n) is 2.33. The maximum Gasteiger partial charge on any atom is 0.0841 e. The highest BCUT2D eigenvalue weighted by Crippen LogP contribution is 2.33. The lowest BCUT2D eigenvalue weighted by atomic mass is 9.99. The smallest absolute Gasteiger partial charge is 0.0841 e. The first-order valence-corrected chi connectivity index (χ1v) is 6.49.